The van der Waals surface area contributed by atoms with Gasteiger partial charge < -0.3 is 14.7 Å². The zero-order valence-corrected chi connectivity index (χ0v) is 16.1. The van der Waals surface area contributed by atoms with E-state index < -0.39 is 30.0 Å². The lowest BCUT2D eigenvalue weighted by Gasteiger charge is -2.38. The van der Waals surface area contributed by atoms with Gasteiger partial charge in [-0.05, 0) is 46.1 Å². The van der Waals surface area contributed by atoms with Gasteiger partial charge in [0.1, 0.15) is 11.8 Å². The Morgan fingerprint density at radius 3 is 3.00 bits per heavy atom. The molecule has 1 aliphatic heterocycles. The van der Waals surface area contributed by atoms with Gasteiger partial charge in [0.25, 0.3) is 0 Å². The summed E-state index contributed by atoms with van der Waals surface area (Å²) in [6.45, 7) is 5.72. The number of likely N-dealkylation sites (tertiary alicyclic amines) is 1. The minimum atomic E-state index is -0.968. The molecule has 3 rings (SSSR count). The van der Waals surface area contributed by atoms with Crippen LogP contribution in [-0.4, -0.2) is 45.4 Å². The van der Waals surface area contributed by atoms with Crippen molar-refractivity contribution in [1.29, 1.82) is 0 Å². The van der Waals surface area contributed by atoms with E-state index in [4.69, 9.17) is 4.74 Å². The summed E-state index contributed by atoms with van der Waals surface area (Å²) in [5.41, 5.74) is 2.74. The largest absolute Gasteiger partial charge is 0.444 e. The standard InChI is InChI=1S/C19H25FN2O3S/c1-19(2,3)25-18(24)22-8-7-12(20)9-13(22)10-16(23)14-5-4-6-15-17(14)26-11-21-15/h4-6,11-13,16,23H,7-10H2,1-3H3/t12-,13-,16+/m0/s1. The molecular formula is C19H25FN2O3S. The Balaban J connectivity index is 1.78. The van der Waals surface area contributed by atoms with E-state index in [0.717, 1.165) is 15.8 Å². The summed E-state index contributed by atoms with van der Waals surface area (Å²) < 4.78 is 20.4. The Kier molecular flexibility index (Phi) is 5.48. The molecule has 26 heavy (non-hydrogen) atoms. The number of ether oxygens (including phenoxy) is 1. The molecule has 0 radical (unpaired) electrons. The molecule has 1 amide bonds. The van der Waals surface area contributed by atoms with E-state index in [1.165, 1.54) is 11.3 Å². The van der Waals surface area contributed by atoms with Gasteiger partial charge in [-0.2, -0.15) is 0 Å². The van der Waals surface area contributed by atoms with Crippen LogP contribution in [0.2, 0.25) is 0 Å². The van der Waals surface area contributed by atoms with Crippen molar-refractivity contribution < 1.29 is 19.0 Å². The fourth-order valence-electron chi connectivity index (χ4n) is 3.34. The fraction of sp³-hybridized carbons (Fsp3) is 0.579. The minimum absolute atomic E-state index is 0.217. The Bertz CT molecular complexity index is 773. The molecule has 0 aliphatic carbocycles. The Labute approximate surface area is 156 Å². The number of alkyl halides is 1. The van der Waals surface area contributed by atoms with Crippen LogP contribution in [0.25, 0.3) is 10.2 Å². The predicted octanol–water partition coefficient (Wildman–Crippen LogP) is 4.46. The molecule has 0 saturated carbocycles. The van der Waals surface area contributed by atoms with Crippen molar-refractivity contribution in [1.82, 2.24) is 9.88 Å². The molecule has 2 aromatic rings. The lowest BCUT2D eigenvalue weighted by atomic mass is 9.93. The first-order chi connectivity index (χ1) is 12.2. The quantitative estimate of drug-likeness (QED) is 0.854. The van der Waals surface area contributed by atoms with Crippen molar-refractivity contribution >= 4 is 27.6 Å². The highest BCUT2D eigenvalue weighted by Crippen LogP contribution is 2.33. The molecule has 142 valence electrons. The summed E-state index contributed by atoms with van der Waals surface area (Å²) >= 11 is 1.47. The van der Waals surface area contributed by atoms with E-state index >= 15 is 0 Å². The average Bonchev–Trinajstić information content (AvgIpc) is 3.01. The maximum atomic E-state index is 14.0. The van der Waals surface area contributed by atoms with Gasteiger partial charge in [0.15, 0.2) is 0 Å². The van der Waals surface area contributed by atoms with Crippen LogP contribution in [0.1, 0.15) is 51.7 Å². The van der Waals surface area contributed by atoms with Crippen molar-refractivity contribution in [2.45, 2.75) is 64.0 Å². The van der Waals surface area contributed by atoms with E-state index in [-0.39, 0.29) is 12.8 Å². The first kappa shape index (κ1) is 19.0. The number of aromatic nitrogens is 1. The molecule has 2 heterocycles. The van der Waals surface area contributed by atoms with Gasteiger partial charge in [-0.3, -0.25) is 0 Å². The number of aliphatic hydroxyl groups is 1. The number of aliphatic hydroxyl groups excluding tert-OH is 1. The van der Waals surface area contributed by atoms with Crippen LogP contribution in [0.4, 0.5) is 9.18 Å². The number of carbonyl (C=O) groups excluding carboxylic acids is 1. The van der Waals surface area contributed by atoms with Gasteiger partial charge in [-0.15, -0.1) is 11.3 Å². The number of halogens is 1. The number of nitrogens with zero attached hydrogens (tertiary/aromatic N) is 2. The van der Waals surface area contributed by atoms with Crippen molar-refractivity contribution in [3.8, 4) is 0 Å². The Morgan fingerprint density at radius 1 is 1.50 bits per heavy atom. The number of hydrogen-bond acceptors (Lipinski definition) is 5. The number of piperidine rings is 1. The summed E-state index contributed by atoms with van der Waals surface area (Å²) in [5, 5.41) is 10.8. The molecule has 1 fully saturated rings. The number of hydrogen-bond donors (Lipinski definition) is 1. The van der Waals surface area contributed by atoms with Gasteiger partial charge in [0.05, 0.1) is 21.8 Å². The lowest BCUT2D eigenvalue weighted by molar-refractivity contribution is -0.00656. The molecule has 1 aromatic carbocycles. The van der Waals surface area contributed by atoms with Crippen LogP contribution < -0.4 is 0 Å². The molecular weight excluding hydrogens is 355 g/mol. The number of benzene rings is 1. The van der Waals surface area contributed by atoms with Crippen LogP contribution >= 0.6 is 11.3 Å². The van der Waals surface area contributed by atoms with E-state index in [1.54, 1.807) is 31.2 Å². The number of amides is 1. The molecule has 0 unspecified atom stereocenters. The third kappa shape index (κ3) is 4.32. The third-order valence-corrected chi connectivity index (χ3v) is 5.41. The van der Waals surface area contributed by atoms with Gasteiger partial charge in [-0.25, -0.2) is 14.2 Å². The topological polar surface area (TPSA) is 62.7 Å². The third-order valence-electron chi connectivity index (χ3n) is 4.52. The second-order valence-electron chi connectivity index (χ2n) is 7.75. The van der Waals surface area contributed by atoms with Gasteiger partial charge >= 0.3 is 6.09 Å². The maximum Gasteiger partial charge on any atom is 0.410 e. The summed E-state index contributed by atoms with van der Waals surface area (Å²) in [6.07, 6.45) is -1.41. The first-order valence-electron chi connectivity index (χ1n) is 8.88. The van der Waals surface area contributed by atoms with Crippen molar-refractivity contribution in [3.63, 3.8) is 0 Å². The minimum Gasteiger partial charge on any atom is -0.444 e. The summed E-state index contributed by atoms with van der Waals surface area (Å²) in [6, 6.07) is 5.21. The van der Waals surface area contributed by atoms with Crippen LogP contribution in [0.5, 0.6) is 0 Å². The normalized spacial score (nSPS) is 22.4. The molecule has 1 saturated heterocycles. The van der Waals surface area contributed by atoms with E-state index in [2.05, 4.69) is 4.98 Å². The van der Waals surface area contributed by atoms with E-state index in [0.29, 0.717) is 13.0 Å². The SMILES string of the molecule is CC(C)(C)OC(=O)N1CC[C@H](F)C[C@H]1C[C@@H](O)c1cccc2ncsc12. The van der Waals surface area contributed by atoms with Crippen LogP contribution in [0, 0.1) is 0 Å². The first-order valence-corrected chi connectivity index (χ1v) is 9.76. The molecule has 0 spiro atoms. The molecule has 5 nitrogen and oxygen atoms in total. The second kappa shape index (κ2) is 7.48. The number of thiazole rings is 1. The van der Waals surface area contributed by atoms with E-state index in [9.17, 15) is 14.3 Å². The Hall–Kier alpha value is -1.73. The predicted molar refractivity (Wildman–Crippen MR) is 100 cm³/mol. The van der Waals surface area contributed by atoms with Crippen molar-refractivity contribution in [3.05, 3.63) is 29.3 Å². The van der Waals surface area contributed by atoms with Gasteiger partial charge in [0.2, 0.25) is 0 Å². The number of carbonyl (C=O) groups is 1. The van der Waals surface area contributed by atoms with Crippen molar-refractivity contribution in [2.24, 2.45) is 0 Å². The second-order valence-corrected chi connectivity index (χ2v) is 8.60. The number of fused-ring (bicyclic) bond motifs is 1. The smallest absolute Gasteiger partial charge is 0.410 e. The van der Waals surface area contributed by atoms with Crippen LogP contribution in [0.15, 0.2) is 23.7 Å². The molecule has 0 bridgehead atoms. The summed E-state index contributed by atoms with van der Waals surface area (Å²) in [4.78, 5) is 18.3. The maximum absolute atomic E-state index is 14.0. The summed E-state index contributed by atoms with van der Waals surface area (Å²) in [7, 11) is 0. The molecule has 3 atom stereocenters. The van der Waals surface area contributed by atoms with Crippen LogP contribution in [0.3, 0.4) is 0 Å². The van der Waals surface area contributed by atoms with Gasteiger partial charge in [0, 0.05) is 18.2 Å². The monoisotopic (exact) mass is 380 g/mol. The highest BCUT2D eigenvalue weighted by molar-refractivity contribution is 7.16. The molecule has 1 aromatic heterocycles. The van der Waals surface area contributed by atoms with Gasteiger partial charge in [-0.1, -0.05) is 12.1 Å². The average molecular weight is 380 g/mol. The fourth-order valence-corrected chi connectivity index (χ4v) is 4.19. The number of rotatable bonds is 3. The lowest BCUT2D eigenvalue weighted by Crippen LogP contribution is -2.49. The molecule has 1 N–H and O–H groups in total. The highest BCUT2D eigenvalue weighted by atomic mass is 32.1. The van der Waals surface area contributed by atoms with E-state index in [1.807, 2.05) is 18.2 Å². The zero-order valence-electron chi connectivity index (χ0n) is 15.3. The summed E-state index contributed by atoms with van der Waals surface area (Å²) in [5.74, 6) is 0. The highest BCUT2D eigenvalue weighted by Gasteiger charge is 2.35. The molecule has 7 heteroatoms. The van der Waals surface area contributed by atoms with Crippen LogP contribution in [-0.2, 0) is 4.74 Å². The Morgan fingerprint density at radius 2 is 2.27 bits per heavy atom. The van der Waals surface area contributed by atoms with Crippen molar-refractivity contribution in [2.75, 3.05) is 6.54 Å². The zero-order chi connectivity index (χ0) is 18.9. The molecule has 1 aliphatic rings.